The molecule has 0 atom stereocenters. The third-order valence-corrected chi connectivity index (χ3v) is 6.13. The van der Waals surface area contributed by atoms with Gasteiger partial charge in [0.2, 0.25) is 0 Å². The van der Waals surface area contributed by atoms with Crippen LogP contribution >= 0.6 is 0 Å². The second-order valence-corrected chi connectivity index (χ2v) is 9.72. The Hall–Kier alpha value is -0.728. The zero-order valence-electron chi connectivity index (χ0n) is 17.0. The summed E-state index contributed by atoms with van der Waals surface area (Å²) >= 11 is 0. The van der Waals surface area contributed by atoms with E-state index in [1.165, 1.54) is 0 Å². The first-order valence-electron chi connectivity index (χ1n) is 8.48. The fraction of sp³-hybridized carbons (Fsp3) is 0.929. The normalized spacial score (nSPS) is 12.4. The van der Waals surface area contributed by atoms with Crippen molar-refractivity contribution in [3.05, 3.63) is 0 Å². The van der Waals surface area contributed by atoms with Gasteiger partial charge in [0.25, 0.3) is 0 Å². The van der Waals surface area contributed by atoms with Crippen molar-refractivity contribution in [2.24, 2.45) is 0 Å². The Morgan fingerprint density at radius 1 is 1.00 bits per heavy atom. The summed E-state index contributed by atoms with van der Waals surface area (Å²) in [6, 6.07) is 0.747. The molecule has 27 heavy (non-hydrogen) atoms. The van der Waals surface area contributed by atoms with E-state index in [-0.39, 0.29) is 5.97 Å². The van der Waals surface area contributed by atoms with E-state index in [4.69, 9.17) is 18.0 Å². The summed E-state index contributed by atoms with van der Waals surface area (Å²) in [5.41, 5.74) is 0. The lowest BCUT2D eigenvalue weighted by atomic mass is 10.3. The largest absolute Gasteiger partial charge is 0.673 e. The number of halogens is 4. The molecular formula is C14H33BF4N2O5Si. The van der Waals surface area contributed by atoms with Crippen molar-refractivity contribution in [3.8, 4) is 0 Å². The summed E-state index contributed by atoms with van der Waals surface area (Å²) in [6.45, 7) is 2.69. The third-order valence-electron chi connectivity index (χ3n) is 3.30. The van der Waals surface area contributed by atoms with Crippen molar-refractivity contribution in [2.45, 2.75) is 18.9 Å². The molecule has 0 rings (SSSR count). The van der Waals surface area contributed by atoms with E-state index >= 15 is 0 Å². The van der Waals surface area contributed by atoms with Gasteiger partial charge in [0, 0.05) is 33.9 Å². The third kappa shape index (κ3) is 21.4. The van der Waals surface area contributed by atoms with Gasteiger partial charge in [-0.25, -0.2) is 0 Å². The van der Waals surface area contributed by atoms with Gasteiger partial charge in [0.15, 0.2) is 0 Å². The topological polar surface area (TPSA) is 66.0 Å². The predicted octanol–water partition coefficient (Wildman–Crippen LogP) is 1.78. The molecule has 164 valence electrons. The number of nitrogens with zero attached hydrogens (tertiary/aromatic N) is 1. The van der Waals surface area contributed by atoms with Crippen LogP contribution < -0.4 is 5.32 Å². The molecule has 0 fully saturated rings. The van der Waals surface area contributed by atoms with Crippen LogP contribution in [0.25, 0.3) is 0 Å². The van der Waals surface area contributed by atoms with E-state index in [1.807, 2.05) is 0 Å². The Kier molecular flexibility index (Phi) is 15.1. The summed E-state index contributed by atoms with van der Waals surface area (Å²) in [4.78, 5) is 11.5. The van der Waals surface area contributed by atoms with Crippen molar-refractivity contribution in [3.63, 3.8) is 0 Å². The number of esters is 1. The molecule has 0 aromatic heterocycles. The average molecular weight is 424 g/mol. The van der Waals surface area contributed by atoms with Crippen LogP contribution in [0.5, 0.6) is 0 Å². The maximum atomic E-state index is 11.5. The van der Waals surface area contributed by atoms with Crippen molar-refractivity contribution in [2.75, 3.05) is 68.7 Å². The molecule has 0 aromatic carbocycles. The van der Waals surface area contributed by atoms with Gasteiger partial charge >= 0.3 is 22.0 Å². The minimum Gasteiger partial charge on any atom is -0.460 e. The Morgan fingerprint density at radius 2 is 1.48 bits per heavy atom. The Labute approximate surface area is 160 Å². The molecule has 0 aromatic rings. The molecule has 0 amide bonds. The molecule has 0 aliphatic heterocycles. The number of quaternary nitrogens is 1. The molecule has 7 nitrogen and oxygen atoms in total. The lowest BCUT2D eigenvalue weighted by Gasteiger charge is -2.24. The molecule has 0 unspecified atom stereocenters. The first-order chi connectivity index (χ1) is 12.3. The number of carbonyl (C=O) groups excluding carboxylic acids is 1. The van der Waals surface area contributed by atoms with E-state index in [0.29, 0.717) is 19.6 Å². The van der Waals surface area contributed by atoms with E-state index in [9.17, 15) is 22.1 Å². The van der Waals surface area contributed by atoms with Crippen LogP contribution in [0.3, 0.4) is 0 Å². The second-order valence-electron chi connectivity index (χ2n) is 6.63. The summed E-state index contributed by atoms with van der Waals surface area (Å²) in [5, 5.41) is 3.22. The van der Waals surface area contributed by atoms with Crippen LogP contribution in [0.15, 0.2) is 0 Å². The molecule has 0 heterocycles. The molecule has 0 aliphatic carbocycles. The minimum atomic E-state index is -6.00. The van der Waals surface area contributed by atoms with Gasteiger partial charge in [-0.1, -0.05) is 0 Å². The number of likely N-dealkylation sites (N-methyl/N-ethyl adjacent to an activating group) is 1. The lowest BCUT2D eigenvalue weighted by molar-refractivity contribution is -0.870. The number of hydrogen-bond donors (Lipinski definition) is 1. The van der Waals surface area contributed by atoms with E-state index < -0.39 is 16.1 Å². The molecule has 0 saturated heterocycles. The number of ether oxygens (including phenoxy) is 1. The molecule has 13 heteroatoms. The first kappa shape index (κ1) is 28.5. The monoisotopic (exact) mass is 424 g/mol. The molecule has 0 aliphatic rings. The number of carbonyl (C=O) groups is 1. The summed E-state index contributed by atoms with van der Waals surface area (Å²) in [5.74, 6) is -0.157. The first-order valence-corrected chi connectivity index (χ1v) is 10.4. The number of rotatable bonds is 13. The van der Waals surface area contributed by atoms with Crippen LogP contribution in [0, 0.1) is 0 Å². The van der Waals surface area contributed by atoms with Gasteiger partial charge in [0.1, 0.15) is 13.2 Å². The smallest absolute Gasteiger partial charge is 0.460 e. The highest BCUT2D eigenvalue weighted by Crippen LogP contribution is 2.14. The van der Waals surface area contributed by atoms with Crippen molar-refractivity contribution >= 4 is 22.0 Å². The van der Waals surface area contributed by atoms with Crippen LogP contribution in [-0.4, -0.2) is 95.2 Å². The molecule has 0 saturated carbocycles. The number of hydrogen-bond acceptors (Lipinski definition) is 6. The van der Waals surface area contributed by atoms with Crippen LogP contribution in [0.4, 0.5) is 17.3 Å². The predicted molar refractivity (Wildman–Crippen MR) is 97.7 cm³/mol. The highest BCUT2D eigenvalue weighted by molar-refractivity contribution is 6.60. The van der Waals surface area contributed by atoms with Crippen molar-refractivity contribution in [1.29, 1.82) is 0 Å². The summed E-state index contributed by atoms with van der Waals surface area (Å²) in [7, 11) is 2.57. The molecule has 0 bridgehead atoms. The zero-order valence-corrected chi connectivity index (χ0v) is 18.0. The molecule has 1 N–H and O–H groups in total. The van der Waals surface area contributed by atoms with Gasteiger partial charge in [-0.15, -0.1) is 0 Å². The standard InChI is InChI=1S/C14H33N2O5Si.BF4/c1-16(2,3)11-12-21-14(17)8-10-15-9-7-13-22(18-4,19-5)20-6;2-1(3,4)5/h15H,7-13H2,1-6H3;/q+1;-1. The van der Waals surface area contributed by atoms with Gasteiger partial charge in [-0.2, -0.15) is 0 Å². The quantitative estimate of drug-likeness (QED) is 0.160. The van der Waals surface area contributed by atoms with E-state index in [1.54, 1.807) is 21.3 Å². The summed E-state index contributed by atoms with van der Waals surface area (Å²) < 4.78 is 61.0. The van der Waals surface area contributed by atoms with Crippen molar-refractivity contribution in [1.82, 2.24) is 5.32 Å². The van der Waals surface area contributed by atoms with Gasteiger partial charge in [-0.05, 0) is 13.0 Å². The van der Waals surface area contributed by atoms with Gasteiger partial charge in [-0.3, -0.25) is 4.79 Å². The minimum absolute atomic E-state index is 0.157. The van der Waals surface area contributed by atoms with Crippen LogP contribution in [-0.2, 0) is 22.8 Å². The molecule has 0 radical (unpaired) electrons. The highest BCUT2D eigenvalue weighted by Gasteiger charge is 2.36. The number of nitrogens with one attached hydrogen (secondary N) is 1. The molecular weight excluding hydrogens is 391 g/mol. The Bertz CT molecular complexity index is 382. The second kappa shape index (κ2) is 14.3. The Balaban J connectivity index is 0. The Morgan fingerprint density at radius 3 is 1.89 bits per heavy atom. The fourth-order valence-corrected chi connectivity index (χ4v) is 3.53. The van der Waals surface area contributed by atoms with E-state index in [0.717, 1.165) is 30.0 Å². The van der Waals surface area contributed by atoms with E-state index in [2.05, 4.69) is 26.5 Å². The maximum Gasteiger partial charge on any atom is 0.673 e. The van der Waals surface area contributed by atoms with Gasteiger partial charge < -0.3 is 45.1 Å². The molecule has 0 spiro atoms. The van der Waals surface area contributed by atoms with Crippen LogP contribution in [0.2, 0.25) is 6.04 Å². The van der Waals surface area contributed by atoms with Crippen molar-refractivity contribution < 1.29 is 44.6 Å². The lowest BCUT2D eigenvalue weighted by Crippen LogP contribution is -2.43. The SMILES string of the molecule is CO[Si](CCCNCCC(=O)OCC[N+](C)(C)C)(OC)OC.F[B-](F)(F)F. The summed E-state index contributed by atoms with van der Waals surface area (Å²) in [6.07, 6.45) is 1.26. The van der Waals surface area contributed by atoms with Gasteiger partial charge in [0.05, 0.1) is 27.6 Å². The maximum absolute atomic E-state index is 11.5. The highest BCUT2D eigenvalue weighted by atomic mass is 28.4. The average Bonchev–Trinajstić information content (AvgIpc) is 2.52. The zero-order chi connectivity index (χ0) is 21.6. The fourth-order valence-electron chi connectivity index (χ4n) is 1.81. The van der Waals surface area contributed by atoms with Crippen LogP contribution in [0.1, 0.15) is 12.8 Å².